The first kappa shape index (κ1) is 16.9. The van der Waals surface area contributed by atoms with Crippen LogP contribution >= 0.6 is 45.2 Å². The largest absolute Gasteiger partial charge is 0.478 e. The minimum Gasteiger partial charge on any atom is -0.478 e. The highest BCUT2D eigenvalue weighted by Crippen LogP contribution is 2.20. The molecule has 0 aliphatic heterocycles. The fourth-order valence-corrected chi connectivity index (χ4v) is 2.96. The van der Waals surface area contributed by atoms with E-state index in [4.69, 9.17) is 10.2 Å². The van der Waals surface area contributed by atoms with E-state index in [-0.39, 0.29) is 22.3 Å². The van der Waals surface area contributed by atoms with Crippen molar-refractivity contribution in [3.05, 3.63) is 65.8 Å². The maximum atomic E-state index is 12.4. The van der Waals surface area contributed by atoms with Crippen molar-refractivity contribution in [3.63, 3.8) is 0 Å². The van der Waals surface area contributed by atoms with Gasteiger partial charge in [0.25, 0.3) is 0 Å². The monoisotopic (exact) mass is 522 g/mol. The van der Waals surface area contributed by atoms with Gasteiger partial charge < -0.3 is 10.2 Å². The molecule has 0 saturated heterocycles. The van der Waals surface area contributed by atoms with E-state index in [1.54, 1.807) is 12.1 Å². The zero-order valence-corrected chi connectivity index (χ0v) is 15.2. The van der Waals surface area contributed by atoms with Crippen LogP contribution in [0.1, 0.15) is 36.6 Å². The van der Waals surface area contributed by atoms with Crippen LogP contribution < -0.4 is 0 Å². The van der Waals surface area contributed by atoms with Crippen molar-refractivity contribution in [1.82, 2.24) is 0 Å². The third-order valence-electron chi connectivity index (χ3n) is 2.92. The van der Waals surface area contributed by atoms with Crippen molar-refractivity contribution < 1.29 is 24.6 Å². The van der Waals surface area contributed by atoms with E-state index < -0.39 is 17.7 Å². The molecule has 0 radical (unpaired) electrons. The smallest absolute Gasteiger partial charge is 0.336 e. The van der Waals surface area contributed by atoms with E-state index in [0.29, 0.717) is 7.14 Å². The molecule has 0 fully saturated rings. The maximum Gasteiger partial charge on any atom is 0.336 e. The van der Waals surface area contributed by atoms with Gasteiger partial charge in [0.05, 0.1) is 11.1 Å². The molecule has 0 unspecified atom stereocenters. The van der Waals surface area contributed by atoms with E-state index >= 15 is 0 Å². The summed E-state index contributed by atoms with van der Waals surface area (Å²) < 4.78 is 1.05. The van der Waals surface area contributed by atoms with Gasteiger partial charge in [-0.05, 0) is 81.6 Å². The Balaban J connectivity index is 2.49. The molecule has 0 amide bonds. The summed E-state index contributed by atoms with van der Waals surface area (Å²) in [6.45, 7) is 0. The summed E-state index contributed by atoms with van der Waals surface area (Å²) in [5.74, 6) is -2.65. The lowest BCUT2D eigenvalue weighted by atomic mass is 10.00. The molecule has 0 atom stereocenters. The molecule has 5 nitrogen and oxygen atoms in total. The predicted molar refractivity (Wildman–Crippen MR) is 95.7 cm³/mol. The Morgan fingerprint density at radius 2 is 1.09 bits per heavy atom. The molecule has 0 spiro atoms. The van der Waals surface area contributed by atoms with Crippen LogP contribution in [0.25, 0.3) is 0 Å². The summed E-state index contributed by atoms with van der Waals surface area (Å²) in [4.78, 5) is 34.7. The van der Waals surface area contributed by atoms with E-state index in [0.717, 1.165) is 0 Å². The van der Waals surface area contributed by atoms with Crippen LogP contribution in [0.3, 0.4) is 0 Å². The summed E-state index contributed by atoms with van der Waals surface area (Å²) in [6.07, 6.45) is 0. The van der Waals surface area contributed by atoms with Crippen molar-refractivity contribution in [2.75, 3.05) is 0 Å². The molecular formula is C15H8I2O5. The first-order chi connectivity index (χ1) is 10.3. The van der Waals surface area contributed by atoms with Gasteiger partial charge in [0, 0.05) is 18.3 Å². The van der Waals surface area contributed by atoms with Crippen LogP contribution in [0.4, 0.5) is 0 Å². The third-order valence-corrected chi connectivity index (χ3v) is 4.80. The standard InChI is InChI=1S/C15H8I2O5/c16-11-3-1-7(5-9(11)14(19)20)13(18)8-2-4-12(17)10(6-8)15(21)22/h1-6H,(H,19,20)(H,21,22). The van der Waals surface area contributed by atoms with Gasteiger partial charge in [-0.1, -0.05) is 0 Å². The van der Waals surface area contributed by atoms with Crippen LogP contribution in [0.2, 0.25) is 0 Å². The van der Waals surface area contributed by atoms with E-state index in [1.807, 2.05) is 45.2 Å². The number of carbonyl (C=O) groups excluding carboxylic acids is 1. The van der Waals surface area contributed by atoms with Gasteiger partial charge in [0.1, 0.15) is 0 Å². The van der Waals surface area contributed by atoms with Crippen LogP contribution in [-0.4, -0.2) is 27.9 Å². The van der Waals surface area contributed by atoms with Gasteiger partial charge in [-0.2, -0.15) is 0 Å². The van der Waals surface area contributed by atoms with Crippen LogP contribution in [0, 0.1) is 7.14 Å². The molecule has 22 heavy (non-hydrogen) atoms. The summed E-state index contributed by atoms with van der Waals surface area (Å²) in [6, 6.07) is 8.73. The Bertz CT molecular complexity index is 733. The van der Waals surface area contributed by atoms with E-state index in [1.165, 1.54) is 24.3 Å². The fraction of sp³-hybridized carbons (Fsp3) is 0. The second-order valence-electron chi connectivity index (χ2n) is 4.33. The number of carbonyl (C=O) groups is 3. The molecule has 2 rings (SSSR count). The number of carboxylic acid groups (broad SMARTS) is 2. The summed E-state index contributed by atoms with van der Waals surface area (Å²) >= 11 is 3.76. The normalized spacial score (nSPS) is 10.3. The minimum atomic E-state index is -1.12. The molecule has 2 aromatic carbocycles. The SMILES string of the molecule is O=C(c1ccc(I)c(C(=O)O)c1)c1ccc(I)c(C(=O)O)c1. The quantitative estimate of drug-likeness (QED) is 0.474. The molecule has 112 valence electrons. The average Bonchev–Trinajstić information content (AvgIpc) is 2.47. The molecular weight excluding hydrogens is 514 g/mol. The lowest BCUT2D eigenvalue weighted by Gasteiger charge is -2.06. The lowest BCUT2D eigenvalue weighted by Crippen LogP contribution is -2.08. The molecule has 0 aliphatic rings. The van der Waals surface area contributed by atoms with E-state index in [9.17, 15) is 14.4 Å². The average molecular weight is 522 g/mol. The molecule has 0 saturated carbocycles. The lowest BCUT2D eigenvalue weighted by molar-refractivity contribution is 0.0685. The molecule has 0 heterocycles. The van der Waals surface area contributed by atoms with Crippen molar-refractivity contribution in [1.29, 1.82) is 0 Å². The van der Waals surface area contributed by atoms with Crippen molar-refractivity contribution in [2.24, 2.45) is 0 Å². The number of hydrogen-bond acceptors (Lipinski definition) is 3. The van der Waals surface area contributed by atoms with Gasteiger partial charge in [-0.15, -0.1) is 0 Å². The second kappa shape index (κ2) is 6.73. The van der Waals surface area contributed by atoms with Crippen LogP contribution in [0.15, 0.2) is 36.4 Å². The highest BCUT2D eigenvalue weighted by molar-refractivity contribution is 14.1. The Hall–Kier alpha value is -1.49. The number of carboxylic acids is 2. The zero-order chi connectivity index (χ0) is 16.4. The Labute approximate surface area is 152 Å². The van der Waals surface area contributed by atoms with Gasteiger partial charge in [-0.25, -0.2) is 9.59 Å². The highest BCUT2D eigenvalue weighted by Gasteiger charge is 2.17. The van der Waals surface area contributed by atoms with E-state index in [2.05, 4.69) is 0 Å². The molecule has 0 aromatic heterocycles. The topological polar surface area (TPSA) is 91.7 Å². The number of halogens is 2. The molecule has 2 aromatic rings. The summed E-state index contributed by atoms with van der Waals surface area (Å²) in [5.41, 5.74) is 0.483. The maximum absolute atomic E-state index is 12.4. The molecule has 7 heteroatoms. The number of ketones is 1. The number of hydrogen-bond donors (Lipinski definition) is 2. The summed E-state index contributed by atoms with van der Waals surface area (Å²) in [5, 5.41) is 18.2. The van der Waals surface area contributed by atoms with Crippen LogP contribution in [-0.2, 0) is 0 Å². The van der Waals surface area contributed by atoms with Gasteiger partial charge in [-0.3, -0.25) is 4.79 Å². The summed E-state index contributed by atoms with van der Waals surface area (Å²) in [7, 11) is 0. The van der Waals surface area contributed by atoms with Crippen molar-refractivity contribution >= 4 is 62.9 Å². The zero-order valence-electron chi connectivity index (χ0n) is 10.8. The Morgan fingerprint density at radius 3 is 1.41 bits per heavy atom. The van der Waals surface area contributed by atoms with Gasteiger partial charge >= 0.3 is 11.9 Å². The molecule has 0 bridgehead atoms. The third kappa shape index (κ3) is 3.46. The predicted octanol–water partition coefficient (Wildman–Crippen LogP) is 3.52. The fourth-order valence-electron chi connectivity index (χ4n) is 1.83. The highest BCUT2D eigenvalue weighted by atomic mass is 127. The first-order valence-corrected chi connectivity index (χ1v) is 8.07. The van der Waals surface area contributed by atoms with Crippen molar-refractivity contribution in [2.45, 2.75) is 0 Å². The van der Waals surface area contributed by atoms with Crippen LogP contribution in [0.5, 0.6) is 0 Å². The van der Waals surface area contributed by atoms with Gasteiger partial charge in [0.15, 0.2) is 5.78 Å². The Morgan fingerprint density at radius 1 is 0.727 bits per heavy atom. The molecule has 0 aliphatic carbocycles. The number of aromatic carboxylic acids is 2. The van der Waals surface area contributed by atoms with Crippen molar-refractivity contribution in [3.8, 4) is 0 Å². The first-order valence-electron chi connectivity index (χ1n) is 5.91. The number of rotatable bonds is 4. The number of benzene rings is 2. The van der Waals surface area contributed by atoms with Gasteiger partial charge in [0.2, 0.25) is 0 Å². The second-order valence-corrected chi connectivity index (χ2v) is 6.65. The Kier molecular flexibility index (Phi) is 5.16. The molecule has 2 N–H and O–H groups in total. The minimum absolute atomic E-state index is 0.0374.